The summed E-state index contributed by atoms with van der Waals surface area (Å²) in [5, 5.41) is 3.64. The fraction of sp³-hybridized carbons (Fsp3) is 0.643. The normalized spacial score (nSPS) is 23.0. The van der Waals surface area contributed by atoms with Crippen molar-refractivity contribution in [1.29, 1.82) is 0 Å². The first-order valence-electron chi connectivity index (χ1n) is 14.3. The minimum atomic E-state index is -3.49. The molecule has 38 heavy (non-hydrogen) atoms. The van der Waals surface area contributed by atoms with E-state index in [1.54, 1.807) is 35.7 Å². The molecule has 9 nitrogen and oxygen atoms in total. The zero-order valence-corrected chi connectivity index (χ0v) is 23.4. The predicted octanol–water partition coefficient (Wildman–Crippen LogP) is 3.99. The van der Waals surface area contributed by atoms with Gasteiger partial charge >= 0.3 is 0 Å². The van der Waals surface area contributed by atoms with E-state index in [2.05, 4.69) is 20.1 Å². The molecular formula is C28H42N6O3S. The molecule has 0 radical (unpaired) electrons. The molecule has 1 aromatic carbocycles. The second-order valence-electron chi connectivity index (χ2n) is 10.8. The maximum absolute atomic E-state index is 13.2. The molecular weight excluding hydrogens is 500 g/mol. The maximum atomic E-state index is 13.2. The zero-order valence-electron chi connectivity index (χ0n) is 22.6. The van der Waals surface area contributed by atoms with Gasteiger partial charge in [0, 0.05) is 51.0 Å². The molecule has 3 saturated heterocycles. The van der Waals surface area contributed by atoms with Gasteiger partial charge in [-0.15, -0.1) is 0 Å². The summed E-state index contributed by atoms with van der Waals surface area (Å²) in [5.74, 6) is 2.41. The smallest absolute Gasteiger partial charge is 0.243 e. The van der Waals surface area contributed by atoms with Crippen LogP contribution in [0.2, 0.25) is 0 Å². The van der Waals surface area contributed by atoms with Crippen molar-refractivity contribution < 1.29 is 13.2 Å². The zero-order chi connectivity index (χ0) is 26.4. The lowest BCUT2D eigenvalue weighted by Crippen LogP contribution is -2.49. The Labute approximate surface area is 227 Å². The van der Waals surface area contributed by atoms with Gasteiger partial charge in [-0.05, 0) is 75.4 Å². The number of anilines is 2. The van der Waals surface area contributed by atoms with E-state index in [9.17, 15) is 8.42 Å². The number of sulfonamides is 1. The third-order valence-electron chi connectivity index (χ3n) is 8.24. The average Bonchev–Trinajstić information content (AvgIpc) is 3.37. The molecule has 208 valence electrons. The second kappa shape index (κ2) is 12.6. The number of benzene rings is 1. The molecule has 0 saturated carbocycles. The Hall–Kier alpha value is -2.43. The molecule has 1 unspecified atom stereocenters. The van der Waals surface area contributed by atoms with Gasteiger partial charge in [0.1, 0.15) is 11.6 Å². The molecule has 2 aromatic rings. The lowest BCUT2D eigenvalue weighted by Gasteiger charge is -2.38. The minimum absolute atomic E-state index is 0.290. The number of ether oxygens (including phenoxy) is 1. The van der Waals surface area contributed by atoms with Gasteiger partial charge in [-0.3, -0.25) is 4.90 Å². The summed E-state index contributed by atoms with van der Waals surface area (Å²) in [4.78, 5) is 14.7. The molecule has 10 heteroatoms. The molecule has 0 aliphatic carbocycles. The minimum Gasteiger partial charge on any atom is -0.497 e. The summed E-state index contributed by atoms with van der Waals surface area (Å²) in [5.41, 5.74) is 0. The largest absolute Gasteiger partial charge is 0.497 e. The number of nitrogens with one attached hydrogen (secondary N) is 1. The monoisotopic (exact) mass is 542 g/mol. The molecule has 1 aromatic heterocycles. The Bertz CT molecular complexity index is 1130. The summed E-state index contributed by atoms with van der Waals surface area (Å²) in [7, 11) is -1.91. The quantitative estimate of drug-likeness (QED) is 0.562. The summed E-state index contributed by atoms with van der Waals surface area (Å²) in [6, 6.07) is 9.39. The number of nitrogens with zero attached hydrogens (tertiary/aromatic N) is 5. The first-order chi connectivity index (χ1) is 18.5. The van der Waals surface area contributed by atoms with Crippen molar-refractivity contribution in [3.63, 3.8) is 0 Å². The lowest BCUT2D eigenvalue weighted by molar-refractivity contribution is 0.140. The Balaban J connectivity index is 1.18. The van der Waals surface area contributed by atoms with Crippen LogP contribution in [0.25, 0.3) is 0 Å². The van der Waals surface area contributed by atoms with E-state index in [-0.39, 0.29) is 6.04 Å². The van der Waals surface area contributed by atoms with Crippen LogP contribution in [0.5, 0.6) is 5.75 Å². The lowest BCUT2D eigenvalue weighted by atomic mass is 10.0. The molecule has 1 atom stereocenters. The summed E-state index contributed by atoms with van der Waals surface area (Å²) < 4.78 is 33.2. The van der Waals surface area contributed by atoms with Crippen molar-refractivity contribution in [2.45, 2.75) is 74.8 Å². The van der Waals surface area contributed by atoms with Crippen molar-refractivity contribution in [3.8, 4) is 5.75 Å². The number of rotatable bonds is 7. The Morgan fingerprint density at radius 1 is 0.868 bits per heavy atom. The van der Waals surface area contributed by atoms with E-state index in [1.165, 1.54) is 32.1 Å². The van der Waals surface area contributed by atoms with Crippen LogP contribution in [-0.2, 0) is 10.0 Å². The van der Waals surface area contributed by atoms with Crippen molar-refractivity contribution in [2.24, 2.45) is 0 Å². The average molecular weight is 543 g/mol. The number of likely N-dealkylation sites (tertiary alicyclic amines) is 1. The van der Waals surface area contributed by atoms with Gasteiger partial charge in [-0.1, -0.05) is 19.3 Å². The van der Waals surface area contributed by atoms with Gasteiger partial charge in [0.25, 0.3) is 0 Å². The maximum Gasteiger partial charge on any atom is 0.243 e. The molecule has 0 amide bonds. The predicted molar refractivity (Wildman–Crippen MR) is 150 cm³/mol. The van der Waals surface area contributed by atoms with Crippen molar-refractivity contribution in [2.75, 3.05) is 56.6 Å². The van der Waals surface area contributed by atoms with Crippen LogP contribution in [0.4, 0.5) is 11.8 Å². The van der Waals surface area contributed by atoms with Crippen LogP contribution >= 0.6 is 0 Å². The highest BCUT2D eigenvalue weighted by molar-refractivity contribution is 7.89. The first kappa shape index (κ1) is 27.1. The van der Waals surface area contributed by atoms with E-state index in [0.29, 0.717) is 29.8 Å². The highest BCUT2D eigenvalue weighted by Gasteiger charge is 2.33. The topological polar surface area (TPSA) is 90.9 Å². The van der Waals surface area contributed by atoms with E-state index < -0.39 is 10.0 Å². The molecule has 1 N–H and O–H groups in total. The van der Waals surface area contributed by atoms with Gasteiger partial charge in [0.2, 0.25) is 16.0 Å². The Morgan fingerprint density at radius 2 is 1.58 bits per heavy atom. The summed E-state index contributed by atoms with van der Waals surface area (Å²) in [6.45, 7) is 5.24. The van der Waals surface area contributed by atoms with Crippen molar-refractivity contribution in [1.82, 2.24) is 19.2 Å². The molecule has 4 heterocycles. The first-order valence-corrected chi connectivity index (χ1v) is 15.7. The van der Waals surface area contributed by atoms with Gasteiger partial charge in [-0.25, -0.2) is 13.4 Å². The standard InChI is InChI=1S/C28H42N6O3S/c1-37-25-9-11-26(12-10-25)38(35,36)34-20-14-24(15-21-34)33-19-7-4-8-23(22-33)30-28-29-16-13-27(31-28)32-17-5-2-3-6-18-32/h9-13,16,23-24H,2-8,14-15,17-22H2,1H3,(H,29,30,31). The number of aromatic nitrogens is 2. The van der Waals surface area contributed by atoms with Crippen LogP contribution in [0.1, 0.15) is 57.8 Å². The fourth-order valence-corrected chi connectivity index (χ4v) is 7.51. The van der Waals surface area contributed by atoms with E-state index >= 15 is 0 Å². The van der Waals surface area contributed by atoms with E-state index in [4.69, 9.17) is 9.72 Å². The Morgan fingerprint density at radius 3 is 2.29 bits per heavy atom. The number of piperidine rings is 1. The molecule has 5 rings (SSSR count). The third kappa shape index (κ3) is 6.58. The van der Waals surface area contributed by atoms with Crippen LogP contribution in [0, 0.1) is 0 Å². The third-order valence-corrected chi connectivity index (χ3v) is 10.2. The van der Waals surface area contributed by atoms with Crippen LogP contribution in [0.15, 0.2) is 41.4 Å². The van der Waals surface area contributed by atoms with Gasteiger partial charge < -0.3 is 15.0 Å². The number of hydrogen-bond donors (Lipinski definition) is 1. The van der Waals surface area contributed by atoms with E-state index in [1.807, 2.05) is 12.3 Å². The van der Waals surface area contributed by atoms with Crippen molar-refractivity contribution in [3.05, 3.63) is 36.5 Å². The molecule has 3 fully saturated rings. The Kier molecular flexibility index (Phi) is 9.01. The number of hydrogen-bond acceptors (Lipinski definition) is 8. The van der Waals surface area contributed by atoms with Gasteiger partial charge in [-0.2, -0.15) is 9.29 Å². The molecule has 3 aliphatic heterocycles. The van der Waals surface area contributed by atoms with Crippen molar-refractivity contribution >= 4 is 21.8 Å². The highest BCUT2D eigenvalue weighted by atomic mass is 32.2. The number of methoxy groups -OCH3 is 1. The molecule has 3 aliphatic rings. The second-order valence-corrected chi connectivity index (χ2v) is 12.7. The fourth-order valence-electron chi connectivity index (χ4n) is 6.04. The van der Waals surface area contributed by atoms with Gasteiger partial charge in [0.15, 0.2) is 0 Å². The van der Waals surface area contributed by atoms with E-state index in [0.717, 1.165) is 63.6 Å². The van der Waals surface area contributed by atoms with Crippen LogP contribution in [-0.4, -0.2) is 86.1 Å². The van der Waals surface area contributed by atoms with Gasteiger partial charge in [0.05, 0.1) is 12.0 Å². The highest BCUT2D eigenvalue weighted by Crippen LogP contribution is 2.27. The van der Waals surface area contributed by atoms with Crippen LogP contribution in [0.3, 0.4) is 0 Å². The molecule has 0 bridgehead atoms. The van der Waals surface area contributed by atoms with Crippen LogP contribution < -0.4 is 15.0 Å². The SMILES string of the molecule is COc1ccc(S(=O)(=O)N2CCC(N3CCCCC(Nc4nccc(N5CCCCCC5)n4)C3)CC2)cc1. The summed E-state index contributed by atoms with van der Waals surface area (Å²) in [6.07, 6.45) is 12.1. The summed E-state index contributed by atoms with van der Waals surface area (Å²) >= 11 is 0. The molecule has 0 spiro atoms.